The SMILES string of the molecule is CC(CC(=O)NCC1(C(=O)O)CCC1)c1ccc(Br)cc1. The van der Waals surface area contributed by atoms with Crippen LogP contribution in [0.25, 0.3) is 0 Å². The van der Waals surface area contributed by atoms with Crippen LogP contribution in [-0.2, 0) is 9.59 Å². The molecule has 0 heterocycles. The van der Waals surface area contributed by atoms with Gasteiger partial charge in [-0.3, -0.25) is 9.59 Å². The number of hydrogen-bond donors (Lipinski definition) is 2. The fraction of sp³-hybridized carbons (Fsp3) is 0.500. The Morgan fingerprint density at radius 2 is 1.95 bits per heavy atom. The lowest BCUT2D eigenvalue weighted by Crippen LogP contribution is -2.47. The summed E-state index contributed by atoms with van der Waals surface area (Å²) < 4.78 is 1.01. The number of halogens is 1. The third kappa shape index (κ3) is 3.84. The van der Waals surface area contributed by atoms with Crippen LogP contribution in [0.2, 0.25) is 0 Å². The van der Waals surface area contributed by atoms with Crippen LogP contribution in [0.3, 0.4) is 0 Å². The molecule has 0 aromatic heterocycles. The minimum Gasteiger partial charge on any atom is -0.481 e. The molecule has 1 aromatic rings. The molecule has 1 aliphatic rings. The summed E-state index contributed by atoms with van der Waals surface area (Å²) in [5.74, 6) is -0.770. The van der Waals surface area contributed by atoms with Crippen molar-refractivity contribution in [3.8, 4) is 0 Å². The first kappa shape index (κ1) is 16.0. The van der Waals surface area contributed by atoms with Crippen LogP contribution in [0, 0.1) is 5.41 Å². The highest BCUT2D eigenvalue weighted by molar-refractivity contribution is 9.10. The zero-order chi connectivity index (χ0) is 15.5. The van der Waals surface area contributed by atoms with Crippen molar-refractivity contribution in [1.82, 2.24) is 5.32 Å². The molecule has 1 amide bonds. The van der Waals surface area contributed by atoms with Crippen LogP contribution in [-0.4, -0.2) is 23.5 Å². The van der Waals surface area contributed by atoms with E-state index >= 15 is 0 Å². The van der Waals surface area contributed by atoms with E-state index in [1.54, 1.807) is 0 Å². The lowest BCUT2D eigenvalue weighted by molar-refractivity contribution is -0.154. The third-order valence-corrected chi connectivity index (χ3v) is 4.85. The van der Waals surface area contributed by atoms with Crippen molar-refractivity contribution in [1.29, 1.82) is 0 Å². The summed E-state index contributed by atoms with van der Waals surface area (Å²) >= 11 is 3.39. The van der Waals surface area contributed by atoms with Gasteiger partial charge in [0, 0.05) is 17.4 Å². The van der Waals surface area contributed by atoms with Gasteiger partial charge in [0.05, 0.1) is 5.41 Å². The maximum absolute atomic E-state index is 12.0. The van der Waals surface area contributed by atoms with Crippen LogP contribution >= 0.6 is 15.9 Å². The topological polar surface area (TPSA) is 66.4 Å². The van der Waals surface area contributed by atoms with Gasteiger partial charge in [-0.05, 0) is 36.5 Å². The number of nitrogens with one attached hydrogen (secondary N) is 1. The average Bonchev–Trinajstić information content (AvgIpc) is 2.37. The molecule has 1 aliphatic carbocycles. The Balaban J connectivity index is 1.84. The van der Waals surface area contributed by atoms with Crippen molar-refractivity contribution in [2.75, 3.05) is 6.54 Å². The van der Waals surface area contributed by atoms with Gasteiger partial charge in [0.1, 0.15) is 0 Å². The molecule has 1 aromatic carbocycles. The van der Waals surface area contributed by atoms with Crippen molar-refractivity contribution in [2.45, 2.75) is 38.5 Å². The van der Waals surface area contributed by atoms with E-state index in [1.807, 2.05) is 31.2 Å². The fourth-order valence-electron chi connectivity index (χ4n) is 2.60. The first-order valence-corrected chi connectivity index (χ1v) is 7.98. The third-order valence-electron chi connectivity index (χ3n) is 4.32. The number of hydrogen-bond acceptors (Lipinski definition) is 2. The van der Waals surface area contributed by atoms with Gasteiger partial charge in [0.15, 0.2) is 0 Å². The van der Waals surface area contributed by atoms with E-state index < -0.39 is 11.4 Å². The molecule has 21 heavy (non-hydrogen) atoms. The van der Waals surface area contributed by atoms with Crippen molar-refractivity contribution in [3.05, 3.63) is 34.3 Å². The zero-order valence-electron chi connectivity index (χ0n) is 12.1. The van der Waals surface area contributed by atoms with E-state index in [-0.39, 0.29) is 18.4 Å². The maximum atomic E-state index is 12.0. The molecule has 1 atom stereocenters. The number of carboxylic acid groups (broad SMARTS) is 1. The molecule has 2 rings (SSSR count). The lowest BCUT2D eigenvalue weighted by Gasteiger charge is -2.37. The highest BCUT2D eigenvalue weighted by Gasteiger charge is 2.44. The molecule has 0 aliphatic heterocycles. The van der Waals surface area contributed by atoms with E-state index in [9.17, 15) is 14.7 Å². The fourth-order valence-corrected chi connectivity index (χ4v) is 2.86. The number of carboxylic acids is 1. The molecule has 5 heteroatoms. The normalized spacial score (nSPS) is 17.6. The Bertz CT molecular complexity index is 523. The highest BCUT2D eigenvalue weighted by Crippen LogP contribution is 2.40. The molecule has 0 saturated heterocycles. The molecular weight excluding hydrogens is 334 g/mol. The Hall–Kier alpha value is -1.36. The van der Waals surface area contributed by atoms with Crippen LogP contribution < -0.4 is 5.32 Å². The molecule has 4 nitrogen and oxygen atoms in total. The van der Waals surface area contributed by atoms with Crippen LogP contribution in [0.15, 0.2) is 28.7 Å². The Kier molecular flexibility index (Phi) is 5.04. The summed E-state index contributed by atoms with van der Waals surface area (Å²) in [6.45, 7) is 2.24. The molecule has 1 saturated carbocycles. The van der Waals surface area contributed by atoms with Crippen molar-refractivity contribution >= 4 is 27.8 Å². The Labute approximate surface area is 133 Å². The molecule has 0 spiro atoms. The van der Waals surface area contributed by atoms with E-state index in [1.165, 1.54) is 0 Å². The first-order valence-electron chi connectivity index (χ1n) is 7.18. The van der Waals surface area contributed by atoms with Crippen LogP contribution in [0.1, 0.15) is 44.1 Å². The second-order valence-corrected chi connectivity index (χ2v) is 6.79. The minimum absolute atomic E-state index is 0.0852. The van der Waals surface area contributed by atoms with Gasteiger partial charge in [-0.25, -0.2) is 0 Å². The number of carbonyl (C=O) groups is 2. The smallest absolute Gasteiger partial charge is 0.311 e. The number of benzene rings is 1. The number of rotatable bonds is 6. The summed E-state index contributed by atoms with van der Waals surface area (Å²) in [6.07, 6.45) is 2.62. The monoisotopic (exact) mass is 353 g/mol. The highest BCUT2D eigenvalue weighted by atomic mass is 79.9. The number of aliphatic carboxylic acids is 1. The average molecular weight is 354 g/mol. The molecule has 114 valence electrons. The van der Waals surface area contributed by atoms with Crippen LogP contribution in [0.5, 0.6) is 0 Å². The van der Waals surface area contributed by atoms with Gasteiger partial charge >= 0.3 is 5.97 Å². The molecule has 1 fully saturated rings. The molecular formula is C16H20BrNO3. The van der Waals surface area contributed by atoms with Gasteiger partial charge in [-0.2, -0.15) is 0 Å². The van der Waals surface area contributed by atoms with Crippen molar-refractivity contribution in [2.24, 2.45) is 5.41 Å². The van der Waals surface area contributed by atoms with Crippen LogP contribution in [0.4, 0.5) is 0 Å². The number of carbonyl (C=O) groups excluding carboxylic acids is 1. The summed E-state index contributed by atoms with van der Waals surface area (Å²) in [5, 5.41) is 12.0. The van der Waals surface area contributed by atoms with Crippen molar-refractivity contribution < 1.29 is 14.7 Å². The molecule has 0 radical (unpaired) electrons. The molecule has 0 bridgehead atoms. The zero-order valence-corrected chi connectivity index (χ0v) is 13.6. The van der Waals surface area contributed by atoms with Gasteiger partial charge in [-0.1, -0.05) is 41.4 Å². The van der Waals surface area contributed by atoms with Gasteiger partial charge in [-0.15, -0.1) is 0 Å². The van der Waals surface area contributed by atoms with E-state index in [2.05, 4.69) is 21.2 Å². The van der Waals surface area contributed by atoms with E-state index in [0.29, 0.717) is 19.3 Å². The summed E-state index contributed by atoms with van der Waals surface area (Å²) in [4.78, 5) is 23.2. The van der Waals surface area contributed by atoms with E-state index in [4.69, 9.17) is 0 Å². The second kappa shape index (κ2) is 6.60. The molecule has 2 N–H and O–H groups in total. The van der Waals surface area contributed by atoms with E-state index in [0.717, 1.165) is 16.5 Å². The quantitative estimate of drug-likeness (QED) is 0.824. The summed E-state index contributed by atoms with van der Waals surface area (Å²) in [7, 11) is 0. The Morgan fingerprint density at radius 3 is 2.43 bits per heavy atom. The van der Waals surface area contributed by atoms with Gasteiger partial charge in [0.25, 0.3) is 0 Å². The lowest BCUT2D eigenvalue weighted by atomic mass is 9.69. The largest absolute Gasteiger partial charge is 0.481 e. The maximum Gasteiger partial charge on any atom is 0.311 e. The summed E-state index contributed by atoms with van der Waals surface area (Å²) in [5.41, 5.74) is 0.376. The van der Waals surface area contributed by atoms with Gasteiger partial charge < -0.3 is 10.4 Å². The Morgan fingerprint density at radius 1 is 1.33 bits per heavy atom. The number of amides is 1. The molecule has 1 unspecified atom stereocenters. The second-order valence-electron chi connectivity index (χ2n) is 5.87. The summed E-state index contributed by atoms with van der Waals surface area (Å²) in [6, 6.07) is 7.90. The van der Waals surface area contributed by atoms with Gasteiger partial charge in [0.2, 0.25) is 5.91 Å². The standard InChI is InChI=1S/C16H20BrNO3/c1-11(12-3-5-13(17)6-4-12)9-14(19)18-10-16(15(20)21)7-2-8-16/h3-6,11H,2,7-10H2,1H3,(H,18,19)(H,20,21). The first-order chi connectivity index (χ1) is 9.93. The van der Waals surface area contributed by atoms with Crippen molar-refractivity contribution in [3.63, 3.8) is 0 Å². The predicted octanol–water partition coefficient (Wildman–Crippen LogP) is 3.31. The predicted molar refractivity (Wildman–Crippen MR) is 84.1 cm³/mol. The minimum atomic E-state index is -0.796.